The third-order valence-electron chi connectivity index (χ3n) is 5.44. The highest BCUT2D eigenvalue weighted by molar-refractivity contribution is 5.78. The SMILES string of the molecule is CC(=O)N1CCN(c2cccc(-n3cnc4cc(C(C)C)ccc43)c2)CC1. The molecule has 1 saturated heterocycles. The number of imidazole rings is 1. The summed E-state index contributed by atoms with van der Waals surface area (Å²) >= 11 is 0. The Hall–Kier alpha value is -2.82. The van der Waals surface area contributed by atoms with Crippen molar-refractivity contribution in [2.45, 2.75) is 26.7 Å². The van der Waals surface area contributed by atoms with Crippen LogP contribution in [0, 0.1) is 0 Å². The Kier molecular flexibility index (Phi) is 4.60. The fraction of sp³-hybridized carbons (Fsp3) is 0.364. The number of hydrogen-bond acceptors (Lipinski definition) is 3. The molecule has 4 rings (SSSR count). The number of aromatic nitrogens is 2. The standard InChI is InChI=1S/C22H26N4O/c1-16(2)18-7-8-22-21(13-18)23-15-26(22)20-6-4-5-19(14-20)25-11-9-24(10-12-25)17(3)27/h4-8,13-16H,9-12H2,1-3H3. The van der Waals surface area contributed by atoms with Crippen molar-refractivity contribution in [3.05, 3.63) is 54.4 Å². The fourth-order valence-electron chi connectivity index (χ4n) is 3.71. The minimum atomic E-state index is 0.161. The van der Waals surface area contributed by atoms with Crippen LogP contribution in [0.3, 0.4) is 0 Å². The number of nitrogens with zero attached hydrogens (tertiary/aromatic N) is 4. The summed E-state index contributed by atoms with van der Waals surface area (Å²) in [7, 11) is 0. The number of benzene rings is 2. The van der Waals surface area contributed by atoms with E-state index < -0.39 is 0 Å². The van der Waals surface area contributed by atoms with Crippen LogP contribution in [-0.2, 0) is 4.79 Å². The van der Waals surface area contributed by atoms with Gasteiger partial charge in [-0.25, -0.2) is 4.98 Å². The number of fused-ring (bicyclic) bond motifs is 1. The number of hydrogen-bond donors (Lipinski definition) is 0. The average Bonchev–Trinajstić information content (AvgIpc) is 3.11. The zero-order chi connectivity index (χ0) is 19.0. The Morgan fingerprint density at radius 1 is 1.00 bits per heavy atom. The first-order chi connectivity index (χ1) is 13.0. The molecule has 5 heteroatoms. The topological polar surface area (TPSA) is 41.4 Å². The van der Waals surface area contributed by atoms with Gasteiger partial charge in [0.1, 0.15) is 6.33 Å². The van der Waals surface area contributed by atoms with E-state index in [-0.39, 0.29) is 5.91 Å². The van der Waals surface area contributed by atoms with Crippen molar-refractivity contribution in [2.75, 3.05) is 31.1 Å². The third-order valence-corrected chi connectivity index (χ3v) is 5.44. The van der Waals surface area contributed by atoms with Crippen molar-refractivity contribution in [3.8, 4) is 5.69 Å². The quantitative estimate of drug-likeness (QED) is 0.711. The Morgan fingerprint density at radius 3 is 2.44 bits per heavy atom. The highest BCUT2D eigenvalue weighted by atomic mass is 16.2. The summed E-state index contributed by atoms with van der Waals surface area (Å²) < 4.78 is 2.15. The van der Waals surface area contributed by atoms with E-state index in [0.717, 1.165) is 42.9 Å². The number of carbonyl (C=O) groups is 1. The smallest absolute Gasteiger partial charge is 0.219 e. The zero-order valence-corrected chi connectivity index (χ0v) is 16.2. The van der Waals surface area contributed by atoms with Crippen molar-refractivity contribution >= 4 is 22.6 Å². The molecule has 0 unspecified atom stereocenters. The summed E-state index contributed by atoms with van der Waals surface area (Å²) in [6.07, 6.45) is 1.90. The van der Waals surface area contributed by atoms with Crippen molar-refractivity contribution in [2.24, 2.45) is 0 Å². The first-order valence-electron chi connectivity index (χ1n) is 9.61. The molecule has 0 radical (unpaired) electrons. The Morgan fingerprint density at radius 2 is 1.74 bits per heavy atom. The lowest BCUT2D eigenvalue weighted by atomic mass is 10.0. The fourth-order valence-corrected chi connectivity index (χ4v) is 3.71. The maximum Gasteiger partial charge on any atom is 0.219 e. The van der Waals surface area contributed by atoms with Crippen LogP contribution in [0.15, 0.2) is 48.8 Å². The lowest BCUT2D eigenvalue weighted by Crippen LogP contribution is -2.48. The molecule has 1 aromatic heterocycles. The molecule has 3 aromatic rings. The predicted octanol–water partition coefficient (Wildman–Crippen LogP) is 3.82. The minimum Gasteiger partial charge on any atom is -0.368 e. The second-order valence-corrected chi connectivity index (χ2v) is 7.53. The van der Waals surface area contributed by atoms with Crippen molar-refractivity contribution < 1.29 is 4.79 Å². The van der Waals surface area contributed by atoms with E-state index in [9.17, 15) is 4.79 Å². The van der Waals surface area contributed by atoms with Gasteiger partial charge in [-0.15, -0.1) is 0 Å². The molecule has 140 valence electrons. The number of carbonyl (C=O) groups excluding carboxylic acids is 1. The van der Waals surface area contributed by atoms with Crippen LogP contribution in [0.5, 0.6) is 0 Å². The molecular weight excluding hydrogens is 336 g/mol. The van der Waals surface area contributed by atoms with Crippen molar-refractivity contribution in [1.82, 2.24) is 14.5 Å². The molecule has 0 saturated carbocycles. The van der Waals surface area contributed by atoms with Crippen LogP contribution in [0.4, 0.5) is 5.69 Å². The van der Waals surface area contributed by atoms with Crippen LogP contribution in [0.25, 0.3) is 16.7 Å². The molecule has 0 spiro atoms. The normalized spacial score (nSPS) is 15.0. The summed E-state index contributed by atoms with van der Waals surface area (Å²) in [4.78, 5) is 20.4. The van der Waals surface area contributed by atoms with Crippen LogP contribution in [0.1, 0.15) is 32.3 Å². The molecule has 2 heterocycles. The van der Waals surface area contributed by atoms with E-state index in [4.69, 9.17) is 0 Å². The molecule has 1 aliphatic rings. The van der Waals surface area contributed by atoms with Gasteiger partial charge in [-0.05, 0) is 41.8 Å². The summed E-state index contributed by atoms with van der Waals surface area (Å²) in [5, 5.41) is 0. The Balaban J connectivity index is 1.61. The number of rotatable bonds is 3. The van der Waals surface area contributed by atoms with Crippen LogP contribution < -0.4 is 4.90 Å². The molecule has 0 N–H and O–H groups in total. The molecule has 27 heavy (non-hydrogen) atoms. The van der Waals surface area contributed by atoms with E-state index in [2.05, 4.69) is 70.8 Å². The first-order valence-corrected chi connectivity index (χ1v) is 9.61. The molecule has 1 amide bonds. The summed E-state index contributed by atoms with van der Waals surface area (Å²) in [6, 6.07) is 15.1. The maximum atomic E-state index is 11.5. The van der Waals surface area contributed by atoms with Gasteiger partial charge in [0.2, 0.25) is 5.91 Å². The lowest BCUT2D eigenvalue weighted by molar-refractivity contribution is -0.129. The van der Waals surface area contributed by atoms with E-state index in [0.29, 0.717) is 5.92 Å². The molecular formula is C22H26N4O. The number of piperazine rings is 1. The van der Waals surface area contributed by atoms with Gasteiger partial charge >= 0.3 is 0 Å². The second kappa shape index (κ2) is 7.06. The maximum absolute atomic E-state index is 11.5. The molecule has 5 nitrogen and oxygen atoms in total. The summed E-state index contributed by atoms with van der Waals surface area (Å²) in [5.41, 5.74) is 5.77. The van der Waals surface area contributed by atoms with Gasteiger partial charge in [0.05, 0.1) is 11.0 Å². The van der Waals surface area contributed by atoms with Gasteiger partial charge in [-0.1, -0.05) is 26.0 Å². The predicted molar refractivity (Wildman–Crippen MR) is 110 cm³/mol. The summed E-state index contributed by atoms with van der Waals surface area (Å²) in [5.74, 6) is 0.658. The molecule has 1 fully saturated rings. The second-order valence-electron chi connectivity index (χ2n) is 7.53. The highest BCUT2D eigenvalue weighted by Crippen LogP contribution is 2.25. The van der Waals surface area contributed by atoms with Crippen LogP contribution >= 0.6 is 0 Å². The zero-order valence-electron chi connectivity index (χ0n) is 16.2. The molecule has 2 aromatic carbocycles. The lowest BCUT2D eigenvalue weighted by Gasteiger charge is -2.35. The van der Waals surface area contributed by atoms with E-state index in [1.165, 1.54) is 11.3 Å². The molecule has 0 aliphatic carbocycles. The van der Waals surface area contributed by atoms with Gasteiger partial charge in [-0.2, -0.15) is 0 Å². The Labute approximate surface area is 160 Å². The first kappa shape index (κ1) is 17.6. The molecule has 1 aliphatic heterocycles. The van der Waals surface area contributed by atoms with Crippen LogP contribution in [-0.4, -0.2) is 46.5 Å². The van der Waals surface area contributed by atoms with Gasteiger partial charge in [0, 0.05) is 44.5 Å². The van der Waals surface area contributed by atoms with E-state index in [1.807, 2.05) is 11.2 Å². The molecule has 0 atom stereocenters. The molecule has 0 bridgehead atoms. The van der Waals surface area contributed by atoms with Gasteiger partial charge in [0.15, 0.2) is 0 Å². The summed E-state index contributed by atoms with van der Waals surface area (Å²) in [6.45, 7) is 9.35. The van der Waals surface area contributed by atoms with E-state index in [1.54, 1.807) is 6.92 Å². The van der Waals surface area contributed by atoms with E-state index >= 15 is 0 Å². The number of anilines is 1. The largest absolute Gasteiger partial charge is 0.368 e. The highest BCUT2D eigenvalue weighted by Gasteiger charge is 2.19. The van der Waals surface area contributed by atoms with Crippen LogP contribution in [0.2, 0.25) is 0 Å². The third kappa shape index (κ3) is 3.42. The van der Waals surface area contributed by atoms with Gasteiger partial charge in [0.25, 0.3) is 0 Å². The van der Waals surface area contributed by atoms with Crippen molar-refractivity contribution in [1.29, 1.82) is 0 Å². The van der Waals surface area contributed by atoms with Gasteiger partial charge < -0.3 is 9.80 Å². The van der Waals surface area contributed by atoms with Crippen molar-refractivity contribution in [3.63, 3.8) is 0 Å². The average molecular weight is 362 g/mol. The monoisotopic (exact) mass is 362 g/mol. The number of amides is 1. The minimum absolute atomic E-state index is 0.161. The van der Waals surface area contributed by atoms with Gasteiger partial charge in [-0.3, -0.25) is 9.36 Å². The Bertz CT molecular complexity index is 967.